The number of aryl methyl sites for hydroxylation is 2. The van der Waals surface area contributed by atoms with Gasteiger partial charge in [0.05, 0.1) is 0 Å². The van der Waals surface area contributed by atoms with E-state index in [1.54, 1.807) is 29.2 Å². The Morgan fingerprint density at radius 2 is 1.53 bits per heavy atom. The van der Waals surface area contributed by atoms with E-state index in [9.17, 15) is 9.59 Å². The van der Waals surface area contributed by atoms with Gasteiger partial charge in [-0.15, -0.1) is 0 Å². The fraction of sp³-hybridized carbons (Fsp3) is 0.214. The summed E-state index contributed by atoms with van der Waals surface area (Å²) in [5, 5.41) is 1.18. The Labute approximate surface area is 198 Å². The Morgan fingerprint density at radius 3 is 2.24 bits per heavy atom. The van der Waals surface area contributed by atoms with Crippen LogP contribution in [0.3, 0.4) is 0 Å². The minimum absolute atomic E-state index is 0.360. The predicted molar refractivity (Wildman–Crippen MR) is 130 cm³/mol. The van der Waals surface area contributed by atoms with Crippen LogP contribution in [0.2, 0.25) is 0 Å². The van der Waals surface area contributed by atoms with E-state index in [1.165, 1.54) is 23.4 Å². The summed E-state index contributed by atoms with van der Waals surface area (Å²) in [6.45, 7) is 5.97. The average molecular weight is 455 g/mol. The first-order valence-electron chi connectivity index (χ1n) is 11.3. The highest BCUT2D eigenvalue weighted by Gasteiger charge is 2.35. The van der Waals surface area contributed by atoms with Gasteiger partial charge in [0.2, 0.25) is 0 Å². The standard InChI is InChI=1S/C28H26N2O4/c1-17-4-9-22(10-5-17)34-28(32)30-15-14-23-24-16-18(2)6-13-25(24)29-26(23)27(30)20-7-11-21(12-8-20)33-19(3)31/h4-13,16,27,29H,14-15H2,1-3H3/t27-/m1/s1. The fourth-order valence-corrected chi connectivity index (χ4v) is 4.60. The van der Waals surface area contributed by atoms with Crippen molar-refractivity contribution in [3.8, 4) is 11.5 Å². The van der Waals surface area contributed by atoms with E-state index < -0.39 is 6.09 Å². The van der Waals surface area contributed by atoms with Crippen LogP contribution in [-0.4, -0.2) is 28.5 Å². The van der Waals surface area contributed by atoms with Crippen LogP contribution in [0.4, 0.5) is 4.79 Å². The highest BCUT2D eigenvalue weighted by molar-refractivity contribution is 5.87. The van der Waals surface area contributed by atoms with Crippen LogP contribution in [0.5, 0.6) is 11.5 Å². The molecule has 0 aliphatic carbocycles. The third kappa shape index (κ3) is 4.15. The molecule has 0 saturated carbocycles. The van der Waals surface area contributed by atoms with Crippen molar-refractivity contribution in [2.24, 2.45) is 0 Å². The lowest BCUT2D eigenvalue weighted by molar-refractivity contribution is -0.131. The van der Waals surface area contributed by atoms with Gasteiger partial charge in [0.1, 0.15) is 17.5 Å². The first-order chi connectivity index (χ1) is 16.4. The maximum atomic E-state index is 13.3. The number of carbonyl (C=O) groups excluding carboxylic acids is 2. The number of nitrogens with one attached hydrogen (secondary N) is 1. The molecule has 1 aromatic heterocycles. The lowest BCUT2D eigenvalue weighted by atomic mass is 9.92. The summed E-state index contributed by atoms with van der Waals surface area (Å²) in [6.07, 6.45) is 0.322. The van der Waals surface area contributed by atoms with Crippen LogP contribution < -0.4 is 9.47 Å². The molecule has 3 aromatic carbocycles. The molecule has 1 aliphatic rings. The van der Waals surface area contributed by atoms with Crippen LogP contribution in [0, 0.1) is 13.8 Å². The van der Waals surface area contributed by atoms with Gasteiger partial charge >= 0.3 is 12.1 Å². The van der Waals surface area contributed by atoms with E-state index in [0.29, 0.717) is 18.0 Å². The Kier molecular flexibility index (Phi) is 5.57. The summed E-state index contributed by atoms with van der Waals surface area (Å²) in [6, 6.07) is 20.7. The number of amides is 1. The molecule has 0 fully saturated rings. The summed E-state index contributed by atoms with van der Waals surface area (Å²) in [7, 11) is 0. The van der Waals surface area contributed by atoms with Crippen molar-refractivity contribution in [1.29, 1.82) is 0 Å². The lowest BCUT2D eigenvalue weighted by Gasteiger charge is -2.35. The molecule has 34 heavy (non-hydrogen) atoms. The number of esters is 1. The topological polar surface area (TPSA) is 71.6 Å². The Morgan fingerprint density at radius 1 is 0.882 bits per heavy atom. The average Bonchev–Trinajstić information content (AvgIpc) is 3.18. The van der Waals surface area contributed by atoms with Crippen molar-refractivity contribution in [1.82, 2.24) is 9.88 Å². The summed E-state index contributed by atoms with van der Waals surface area (Å²) in [4.78, 5) is 30.0. The molecule has 0 bridgehead atoms. The second-order valence-corrected chi connectivity index (χ2v) is 8.76. The van der Waals surface area contributed by atoms with Crippen molar-refractivity contribution in [3.05, 3.63) is 94.7 Å². The Hall–Kier alpha value is -4.06. The van der Waals surface area contributed by atoms with E-state index >= 15 is 0 Å². The minimum atomic E-state index is -0.404. The number of aromatic amines is 1. The van der Waals surface area contributed by atoms with Gasteiger partial charge in [0, 0.05) is 30.1 Å². The van der Waals surface area contributed by atoms with Gasteiger partial charge in [-0.25, -0.2) is 4.79 Å². The largest absolute Gasteiger partial charge is 0.427 e. The molecule has 4 aromatic rings. The highest BCUT2D eigenvalue weighted by atomic mass is 16.6. The van der Waals surface area contributed by atoms with Gasteiger partial charge in [-0.05, 0) is 67.8 Å². The number of ether oxygens (including phenoxy) is 2. The quantitative estimate of drug-likeness (QED) is 0.311. The monoisotopic (exact) mass is 454 g/mol. The molecule has 6 nitrogen and oxygen atoms in total. The van der Waals surface area contributed by atoms with Gasteiger partial charge in [-0.1, -0.05) is 41.5 Å². The van der Waals surface area contributed by atoms with Crippen LogP contribution in [0.15, 0.2) is 66.7 Å². The summed E-state index contributed by atoms with van der Waals surface area (Å²) in [5.74, 6) is 0.605. The Bertz CT molecular complexity index is 1370. The fourth-order valence-electron chi connectivity index (χ4n) is 4.60. The van der Waals surface area contributed by atoms with Crippen molar-refractivity contribution < 1.29 is 19.1 Å². The molecule has 2 heterocycles. The van der Waals surface area contributed by atoms with Crippen molar-refractivity contribution in [2.75, 3.05) is 6.54 Å². The molecule has 1 aliphatic heterocycles. The van der Waals surface area contributed by atoms with E-state index in [1.807, 2.05) is 31.2 Å². The van der Waals surface area contributed by atoms with Gasteiger partial charge in [-0.3, -0.25) is 9.69 Å². The molecule has 0 spiro atoms. The molecule has 1 amide bonds. The molecule has 6 heteroatoms. The summed E-state index contributed by atoms with van der Waals surface area (Å²) in [5.41, 5.74) is 6.44. The molecule has 172 valence electrons. The third-order valence-electron chi connectivity index (χ3n) is 6.20. The maximum Gasteiger partial charge on any atom is 0.416 e. The first-order valence-corrected chi connectivity index (χ1v) is 11.3. The predicted octanol–water partition coefficient (Wildman–Crippen LogP) is 5.86. The molecular formula is C28H26N2O4. The van der Waals surface area contributed by atoms with Crippen molar-refractivity contribution in [2.45, 2.75) is 33.2 Å². The maximum absolute atomic E-state index is 13.3. The zero-order valence-electron chi connectivity index (χ0n) is 19.4. The number of benzene rings is 3. The second kappa shape index (κ2) is 8.71. The van der Waals surface area contributed by atoms with Crippen LogP contribution in [-0.2, 0) is 11.2 Å². The smallest absolute Gasteiger partial charge is 0.416 e. The van der Waals surface area contributed by atoms with Crippen LogP contribution in [0.25, 0.3) is 10.9 Å². The van der Waals surface area contributed by atoms with E-state index in [0.717, 1.165) is 28.8 Å². The number of fused-ring (bicyclic) bond motifs is 3. The molecule has 5 rings (SSSR count). The highest BCUT2D eigenvalue weighted by Crippen LogP contribution is 2.39. The SMILES string of the molecule is CC(=O)Oc1ccc([C@@H]2c3[nH]c4ccc(C)cc4c3CCN2C(=O)Oc2ccc(C)cc2)cc1. The number of hydrogen-bond acceptors (Lipinski definition) is 4. The molecular weight excluding hydrogens is 428 g/mol. The molecule has 0 radical (unpaired) electrons. The van der Waals surface area contributed by atoms with E-state index in [4.69, 9.17) is 9.47 Å². The van der Waals surface area contributed by atoms with Gasteiger partial charge < -0.3 is 14.5 Å². The molecule has 1 atom stereocenters. The number of aromatic nitrogens is 1. The minimum Gasteiger partial charge on any atom is -0.427 e. The number of carbonyl (C=O) groups is 2. The first kappa shape index (κ1) is 21.8. The van der Waals surface area contributed by atoms with Crippen LogP contribution >= 0.6 is 0 Å². The number of H-pyrrole nitrogens is 1. The van der Waals surface area contributed by atoms with Crippen molar-refractivity contribution in [3.63, 3.8) is 0 Å². The van der Waals surface area contributed by atoms with Crippen LogP contribution in [0.1, 0.15) is 40.9 Å². The normalized spacial score (nSPS) is 15.1. The molecule has 0 unspecified atom stereocenters. The molecule has 1 N–H and O–H groups in total. The van der Waals surface area contributed by atoms with E-state index in [2.05, 4.69) is 30.1 Å². The van der Waals surface area contributed by atoms with Gasteiger partial charge in [0.15, 0.2) is 0 Å². The summed E-state index contributed by atoms with van der Waals surface area (Å²) >= 11 is 0. The lowest BCUT2D eigenvalue weighted by Crippen LogP contribution is -2.42. The zero-order chi connectivity index (χ0) is 23.8. The second-order valence-electron chi connectivity index (χ2n) is 8.76. The number of nitrogens with zero attached hydrogens (tertiary/aromatic N) is 1. The summed E-state index contributed by atoms with van der Waals surface area (Å²) < 4.78 is 10.9. The van der Waals surface area contributed by atoms with Crippen molar-refractivity contribution >= 4 is 23.0 Å². The zero-order valence-corrected chi connectivity index (χ0v) is 19.4. The van der Waals surface area contributed by atoms with Gasteiger partial charge in [-0.2, -0.15) is 0 Å². The van der Waals surface area contributed by atoms with E-state index in [-0.39, 0.29) is 12.0 Å². The molecule has 0 saturated heterocycles. The number of rotatable bonds is 3. The number of hydrogen-bond donors (Lipinski definition) is 1. The third-order valence-corrected chi connectivity index (χ3v) is 6.20. The van der Waals surface area contributed by atoms with Gasteiger partial charge in [0.25, 0.3) is 0 Å². The Balaban J connectivity index is 1.55.